The molecule has 3 aliphatic rings. The van der Waals surface area contributed by atoms with Gasteiger partial charge in [0.25, 0.3) is 5.91 Å². The Morgan fingerprint density at radius 1 is 1.15 bits per heavy atom. The Kier molecular flexibility index (Phi) is 4.86. The van der Waals surface area contributed by atoms with Crippen molar-refractivity contribution < 1.29 is 39.9 Å². The highest BCUT2D eigenvalue weighted by atomic mass is 16.4. The zero-order valence-corrected chi connectivity index (χ0v) is 18.1. The van der Waals surface area contributed by atoms with Gasteiger partial charge in [-0.3, -0.25) is 19.3 Å². The van der Waals surface area contributed by atoms with Crippen LogP contribution in [0.15, 0.2) is 29.0 Å². The number of hydrogen-bond acceptors (Lipinski definition) is 10. The van der Waals surface area contributed by atoms with Crippen molar-refractivity contribution in [3.8, 4) is 5.75 Å². The van der Waals surface area contributed by atoms with Gasteiger partial charge in [0.05, 0.1) is 29.3 Å². The number of amides is 1. The fourth-order valence-electron chi connectivity index (χ4n) is 5.63. The Balaban J connectivity index is 2.07. The van der Waals surface area contributed by atoms with Gasteiger partial charge in [0, 0.05) is 11.5 Å². The number of phenolic OH excluding ortho intramolecular Hbond substituents is 1. The molecule has 0 unspecified atom stereocenters. The highest BCUT2D eigenvalue weighted by Crippen LogP contribution is 2.56. The van der Waals surface area contributed by atoms with Crippen LogP contribution in [0.1, 0.15) is 24.0 Å². The third kappa shape index (κ3) is 2.63. The van der Waals surface area contributed by atoms with Gasteiger partial charge in [-0.1, -0.05) is 13.0 Å². The Morgan fingerprint density at radius 2 is 1.76 bits per heavy atom. The average molecular weight is 459 g/mol. The lowest BCUT2D eigenvalue weighted by atomic mass is 9.54. The van der Waals surface area contributed by atoms with Gasteiger partial charge >= 0.3 is 0 Å². The fraction of sp³-hybridized carbons (Fsp3) is 0.409. The molecular weight excluding hydrogens is 434 g/mol. The van der Waals surface area contributed by atoms with Crippen LogP contribution in [0.2, 0.25) is 0 Å². The number of nitrogens with two attached hydrogens (primary N) is 2. The smallest absolute Gasteiger partial charge is 0.255 e. The second kappa shape index (κ2) is 7.04. The number of carbonyl (C=O) groups is 3. The molecule has 6 atom stereocenters. The van der Waals surface area contributed by atoms with E-state index in [4.69, 9.17) is 11.5 Å². The van der Waals surface area contributed by atoms with Gasteiger partial charge in [-0.15, -0.1) is 0 Å². The minimum Gasteiger partial charge on any atom is -0.508 e. The first kappa shape index (κ1) is 22.8. The topological polar surface area (TPSA) is 208 Å². The van der Waals surface area contributed by atoms with Gasteiger partial charge < -0.3 is 37.0 Å². The summed E-state index contributed by atoms with van der Waals surface area (Å²) in [6.45, 7) is 1.65. The molecule has 4 rings (SSSR count). The van der Waals surface area contributed by atoms with Gasteiger partial charge in [0.2, 0.25) is 5.78 Å². The summed E-state index contributed by atoms with van der Waals surface area (Å²) in [5.74, 6) is -9.34. The summed E-state index contributed by atoms with van der Waals surface area (Å²) >= 11 is 0. The number of anilines is 1. The summed E-state index contributed by atoms with van der Waals surface area (Å²) in [6, 6.07) is 1.57. The van der Waals surface area contributed by atoms with Gasteiger partial charge in [-0.05, 0) is 31.6 Å². The predicted molar refractivity (Wildman–Crippen MR) is 115 cm³/mol. The fourth-order valence-corrected chi connectivity index (χ4v) is 5.63. The van der Waals surface area contributed by atoms with Crippen LogP contribution in [0.3, 0.4) is 0 Å². The second-order valence-corrected chi connectivity index (χ2v) is 9.02. The van der Waals surface area contributed by atoms with E-state index in [0.717, 1.165) is 0 Å². The number of nitrogen functional groups attached to an aromatic ring is 1. The second-order valence-electron chi connectivity index (χ2n) is 9.02. The molecule has 0 aromatic heterocycles. The van der Waals surface area contributed by atoms with E-state index in [2.05, 4.69) is 0 Å². The lowest BCUT2D eigenvalue weighted by Crippen LogP contribution is -2.70. The van der Waals surface area contributed by atoms with Crippen molar-refractivity contribution in [2.24, 2.45) is 17.6 Å². The van der Waals surface area contributed by atoms with Crippen LogP contribution < -0.4 is 11.5 Å². The first-order valence-electron chi connectivity index (χ1n) is 10.2. The molecule has 1 fully saturated rings. The molecule has 33 heavy (non-hydrogen) atoms. The van der Waals surface area contributed by atoms with E-state index in [0.29, 0.717) is 5.56 Å². The quantitative estimate of drug-likeness (QED) is 0.164. The summed E-state index contributed by atoms with van der Waals surface area (Å²) in [5, 5.41) is 55.2. The first-order chi connectivity index (χ1) is 15.3. The molecule has 1 aromatic carbocycles. The molecule has 176 valence electrons. The van der Waals surface area contributed by atoms with E-state index in [-0.39, 0.29) is 11.3 Å². The Hall–Kier alpha value is -3.41. The van der Waals surface area contributed by atoms with Crippen LogP contribution in [0.5, 0.6) is 5.75 Å². The molecule has 11 nitrogen and oxygen atoms in total. The Bertz CT molecular complexity index is 1190. The number of Topliss-reactive ketones (excluding diaryl/α,β-unsaturated/α-hetero) is 2. The zero-order valence-electron chi connectivity index (χ0n) is 18.1. The van der Waals surface area contributed by atoms with Crippen molar-refractivity contribution in [1.29, 1.82) is 0 Å². The summed E-state index contributed by atoms with van der Waals surface area (Å²) in [4.78, 5) is 40.0. The zero-order chi connectivity index (χ0) is 24.7. The maximum absolute atomic E-state index is 13.7. The van der Waals surface area contributed by atoms with Gasteiger partial charge in [-0.2, -0.15) is 0 Å². The summed E-state index contributed by atoms with van der Waals surface area (Å²) < 4.78 is 0. The number of nitrogens with zero attached hydrogens (tertiary/aromatic N) is 1. The van der Waals surface area contributed by atoms with Crippen molar-refractivity contribution in [1.82, 2.24) is 4.90 Å². The standard InChI is InChI=1S/C22H25N3O8/c1-6-7-4-5-8(23)15(26)10(7)16(27)11-9(6)17(28)13-14(25(2)3)18(29)12(21(24)32)20(31)22(13,33)19(11)30/h4-6,9,13-14,17,26-28,31,33H,23H2,1-3H3,(H2,24,32)/t6-,9-,13+,14-,17-,22-/m0/s1. The average Bonchev–Trinajstić information content (AvgIpc) is 2.72. The predicted octanol–water partition coefficient (Wildman–Crippen LogP) is -0.922. The molecule has 1 aromatic rings. The largest absolute Gasteiger partial charge is 0.508 e. The maximum Gasteiger partial charge on any atom is 0.255 e. The number of aliphatic hydroxyl groups excluding tert-OH is 3. The SMILES string of the molecule is C[C@H]1c2ccc(N)c(O)c2C(O)=C2C(=O)[C@]3(O)C(O)=C(C(N)=O)C(=O)[C@@H](N(C)C)[C@@H]3[C@@H](O)[C@H]21. The molecule has 0 saturated heterocycles. The van der Waals surface area contributed by atoms with E-state index in [1.54, 1.807) is 6.92 Å². The normalized spacial score (nSPS) is 33.7. The van der Waals surface area contributed by atoms with Crippen LogP contribution in [-0.4, -0.2) is 79.7 Å². The molecule has 1 saturated carbocycles. The van der Waals surface area contributed by atoms with Crippen molar-refractivity contribution in [3.05, 3.63) is 40.2 Å². The van der Waals surface area contributed by atoms with Crippen LogP contribution >= 0.6 is 0 Å². The van der Waals surface area contributed by atoms with E-state index in [9.17, 15) is 39.9 Å². The molecular formula is C22H25N3O8. The number of hydrogen-bond donors (Lipinski definition) is 7. The van der Waals surface area contributed by atoms with E-state index < -0.39 is 81.4 Å². The number of likely N-dealkylation sites (N-methyl/N-ethyl adjacent to an activating group) is 1. The third-order valence-electron chi connectivity index (χ3n) is 7.16. The van der Waals surface area contributed by atoms with Crippen molar-refractivity contribution in [2.75, 3.05) is 19.8 Å². The number of fused-ring (bicyclic) bond motifs is 3. The number of aliphatic hydroxyl groups is 4. The van der Waals surface area contributed by atoms with Crippen LogP contribution in [0.25, 0.3) is 5.76 Å². The maximum atomic E-state index is 13.7. The van der Waals surface area contributed by atoms with Crippen LogP contribution in [0.4, 0.5) is 5.69 Å². The highest BCUT2D eigenvalue weighted by molar-refractivity contribution is 6.24. The summed E-state index contributed by atoms with van der Waals surface area (Å²) in [7, 11) is 2.90. The lowest BCUT2D eigenvalue weighted by Gasteiger charge is -2.53. The molecule has 9 N–H and O–H groups in total. The van der Waals surface area contributed by atoms with E-state index in [1.807, 2.05) is 0 Å². The van der Waals surface area contributed by atoms with Crippen LogP contribution in [-0.2, 0) is 14.4 Å². The van der Waals surface area contributed by atoms with E-state index in [1.165, 1.54) is 31.1 Å². The molecule has 11 heteroatoms. The Morgan fingerprint density at radius 3 is 2.30 bits per heavy atom. The number of phenols is 1. The first-order valence-corrected chi connectivity index (χ1v) is 10.2. The molecule has 0 radical (unpaired) electrons. The van der Waals surface area contributed by atoms with Crippen molar-refractivity contribution >= 4 is 28.9 Å². The number of benzene rings is 1. The number of primary amides is 1. The Labute approximate surface area is 188 Å². The lowest BCUT2D eigenvalue weighted by molar-refractivity contribution is -0.169. The number of aromatic hydroxyl groups is 1. The van der Waals surface area contributed by atoms with Crippen LogP contribution in [0, 0.1) is 11.8 Å². The number of rotatable bonds is 2. The molecule has 0 aliphatic heterocycles. The molecule has 3 aliphatic carbocycles. The minimum atomic E-state index is -2.93. The molecule has 0 bridgehead atoms. The van der Waals surface area contributed by atoms with Crippen molar-refractivity contribution in [2.45, 2.75) is 30.6 Å². The molecule has 1 amide bonds. The minimum absolute atomic E-state index is 0.0679. The van der Waals surface area contributed by atoms with Crippen molar-refractivity contribution in [3.63, 3.8) is 0 Å². The molecule has 0 heterocycles. The third-order valence-corrected chi connectivity index (χ3v) is 7.16. The van der Waals surface area contributed by atoms with Gasteiger partial charge in [0.1, 0.15) is 22.8 Å². The van der Waals surface area contributed by atoms with Gasteiger partial charge in [-0.25, -0.2) is 0 Å². The highest BCUT2D eigenvalue weighted by Gasteiger charge is 2.68. The summed E-state index contributed by atoms with van der Waals surface area (Å²) in [5.41, 5.74) is 6.86. The molecule has 0 spiro atoms. The number of carbonyl (C=O) groups excluding carboxylic acids is 3. The monoisotopic (exact) mass is 459 g/mol. The van der Waals surface area contributed by atoms with E-state index >= 15 is 0 Å². The van der Waals surface area contributed by atoms with Gasteiger partial charge in [0.15, 0.2) is 11.4 Å². The summed E-state index contributed by atoms with van der Waals surface area (Å²) in [6.07, 6.45) is -1.62. The number of ketones is 2.